The fraction of sp³-hybridized carbons (Fsp3) is 0.300. The zero-order valence-corrected chi connectivity index (χ0v) is 26.2. The Kier molecular flexibility index (Phi) is 13.9. The van der Waals surface area contributed by atoms with Crippen LogP contribution in [0, 0.1) is 12.8 Å². The minimum Gasteiger partial charge on any atom is -0.497 e. The van der Waals surface area contributed by atoms with Gasteiger partial charge in [0.1, 0.15) is 5.75 Å². The zero-order valence-electron chi connectivity index (χ0n) is 26.2. The Morgan fingerprint density at radius 1 is 0.756 bits per heavy atom. The standard InChI is InChI=1S/C38H42O5.C2H2/c1-3-20-40-27-33-17-14-32(21-29-15-18-34(39-2)19-16-29)22-37(33)38-24-35(42-26-31-12-8-5-9-13-31)23-36(43-38)28-41-25-30-10-6-4-7-11-30;1-2/h3-19,22,35-36,38H,1,20-21,23-28H2,2H3;1-2H/t35?,36-,38+;/m0./s1. The van der Waals surface area contributed by atoms with Gasteiger partial charge in [0.2, 0.25) is 0 Å². The van der Waals surface area contributed by atoms with E-state index in [-0.39, 0.29) is 18.3 Å². The van der Waals surface area contributed by atoms with E-state index in [1.165, 1.54) is 16.7 Å². The largest absolute Gasteiger partial charge is 0.497 e. The molecule has 5 rings (SSSR count). The highest BCUT2D eigenvalue weighted by molar-refractivity contribution is 5.38. The fourth-order valence-electron chi connectivity index (χ4n) is 5.50. The lowest BCUT2D eigenvalue weighted by Gasteiger charge is -2.36. The van der Waals surface area contributed by atoms with Crippen molar-refractivity contribution in [2.75, 3.05) is 20.3 Å². The third-order valence-corrected chi connectivity index (χ3v) is 7.72. The lowest BCUT2D eigenvalue weighted by Crippen LogP contribution is -2.36. The van der Waals surface area contributed by atoms with Gasteiger partial charge in [-0.25, -0.2) is 0 Å². The molecule has 3 atom stereocenters. The first-order valence-electron chi connectivity index (χ1n) is 15.4. The van der Waals surface area contributed by atoms with Gasteiger partial charge in [-0.05, 0) is 51.9 Å². The molecule has 0 N–H and O–H groups in total. The van der Waals surface area contributed by atoms with Crippen LogP contribution in [0.4, 0.5) is 0 Å². The highest BCUT2D eigenvalue weighted by Crippen LogP contribution is 2.36. The fourth-order valence-corrected chi connectivity index (χ4v) is 5.50. The first-order valence-corrected chi connectivity index (χ1v) is 15.4. The maximum atomic E-state index is 6.78. The van der Waals surface area contributed by atoms with E-state index >= 15 is 0 Å². The summed E-state index contributed by atoms with van der Waals surface area (Å²) in [6, 6.07) is 35.5. The predicted octanol–water partition coefficient (Wildman–Crippen LogP) is 8.26. The van der Waals surface area contributed by atoms with Crippen molar-refractivity contribution in [3.63, 3.8) is 0 Å². The zero-order chi connectivity index (χ0) is 31.7. The quantitative estimate of drug-likeness (QED) is 0.0777. The Morgan fingerprint density at radius 2 is 1.42 bits per heavy atom. The summed E-state index contributed by atoms with van der Waals surface area (Å²) >= 11 is 0. The van der Waals surface area contributed by atoms with E-state index in [1.54, 1.807) is 13.2 Å². The summed E-state index contributed by atoms with van der Waals surface area (Å²) in [7, 11) is 1.69. The van der Waals surface area contributed by atoms with Crippen LogP contribution in [0.2, 0.25) is 0 Å². The molecule has 45 heavy (non-hydrogen) atoms. The number of methoxy groups -OCH3 is 1. The molecule has 0 radical (unpaired) electrons. The van der Waals surface area contributed by atoms with Crippen molar-refractivity contribution in [1.29, 1.82) is 0 Å². The van der Waals surface area contributed by atoms with E-state index in [2.05, 4.69) is 86.2 Å². The molecule has 0 spiro atoms. The molecule has 1 unspecified atom stereocenters. The summed E-state index contributed by atoms with van der Waals surface area (Å²) in [6.45, 7) is 6.43. The maximum absolute atomic E-state index is 6.78. The number of hydrogen-bond acceptors (Lipinski definition) is 5. The predicted molar refractivity (Wildman–Crippen MR) is 180 cm³/mol. The molecule has 0 saturated carbocycles. The lowest BCUT2D eigenvalue weighted by molar-refractivity contribution is -0.142. The molecule has 5 heteroatoms. The maximum Gasteiger partial charge on any atom is 0.118 e. The van der Waals surface area contributed by atoms with Gasteiger partial charge in [0.05, 0.1) is 58.5 Å². The van der Waals surface area contributed by atoms with Gasteiger partial charge in [0.25, 0.3) is 0 Å². The number of hydrogen-bond donors (Lipinski definition) is 0. The molecular formula is C40H44O5. The van der Waals surface area contributed by atoms with Gasteiger partial charge in [-0.3, -0.25) is 0 Å². The summed E-state index contributed by atoms with van der Waals surface area (Å²) in [6.07, 6.45) is 12.0. The molecule has 0 amide bonds. The third kappa shape index (κ3) is 10.7. The third-order valence-electron chi connectivity index (χ3n) is 7.72. The summed E-state index contributed by atoms with van der Waals surface area (Å²) in [5, 5.41) is 0. The topological polar surface area (TPSA) is 46.2 Å². The second-order valence-electron chi connectivity index (χ2n) is 11.0. The monoisotopic (exact) mass is 604 g/mol. The average Bonchev–Trinajstić information content (AvgIpc) is 3.10. The van der Waals surface area contributed by atoms with E-state index < -0.39 is 0 Å². The highest BCUT2D eigenvalue weighted by atomic mass is 16.5. The molecule has 1 saturated heterocycles. The van der Waals surface area contributed by atoms with Crippen molar-refractivity contribution >= 4 is 0 Å². The van der Waals surface area contributed by atoms with Crippen molar-refractivity contribution < 1.29 is 23.7 Å². The normalized spacial score (nSPS) is 17.5. The number of benzene rings is 4. The van der Waals surface area contributed by atoms with Crippen LogP contribution in [-0.4, -0.2) is 32.5 Å². The van der Waals surface area contributed by atoms with E-state index in [4.69, 9.17) is 23.7 Å². The molecular weight excluding hydrogens is 560 g/mol. The lowest BCUT2D eigenvalue weighted by atomic mass is 9.90. The molecule has 1 aliphatic heterocycles. The summed E-state index contributed by atoms with van der Waals surface area (Å²) < 4.78 is 30.7. The molecule has 1 aliphatic rings. The van der Waals surface area contributed by atoms with Gasteiger partial charge in [0, 0.05) is 12.8 Å². The van der Waals surface area contributed by atoms with Crippen LogP contribution in [0.25, 0.3) is 0 Å². The summed E-state index contributed by atoms with van der Waals surface area (Å²) in [5.74, 6) is 0.858. The van der Waals surface area contributed by atoms with Crippen LogP contribution in [0.15, 0.2) is 116 Å². The molecule has 1 heterocycles. The van der Waals surface area contributed by atoms with Gasteiger partial charge >= 0.3 is 0 Å². The van der Waals surface area contributed by atoms with Crippen molar-refractivity contribution in [1.82, 2.24) is 0 Å². The first-order chi connectivity index (χ1) is 22.2. The van der Waals surface area contributed by atoms with Gasteiger partial charge in [0.15, 0.2) is 0 Å². The minimum atomic E-state index is -0.141. The van der Waals surface area contributed by atoms with E-state index in [1.807, 2.05) is 36.4 Å². The number of rotatable bonds is 15. The second kappa shape index (κ2) is 18.6. The molecule has 4 aromatic carbocycles. The highest BCUT2D eigenvalue weighted by Gasteiger charge is 2.32. The summed E-state index contributed by atoms with van der Waals surface area (Å²) in [4.78, 5) is 0. The van der Waals surface area contributed by atoms with Crippen LogP contribution < -0.4 is 4.74 Å². The van der Waals surface area contributed by atoms with Crippen molar-refractivity contribution in [3.8, 4) is 18.6 Å². The van der Waals surface area contributed by atoms with Gasteiger partial charge in [-0.2, -0.15) is 0 Å². The van der Waals surface area contributed by atoms with Crippen LogP contribution in [0.3, 0.4) is 0 Å². The smallest absolute Gasteiger partial charge is 0.118 e. The number of ether oxygens (including phenoxy) is 5. The second-order valence-corrected chi connectivity index (χ2v) is 11.0. The molecule has 4 aromatic rings. The molecule has 0 bridgehead atoms. The van der Waals surface area contributed by atoms with Crippen LogP contribution in [-0.2, 0) is 45.2 Å². The Morgan fingerprint density at radius 3 is 2.09 bits per heavy atom. The van der Waals surface area contributed by atoms with Crippen molar-refractivity contribution in [2.24, 2.45) is 0 Å². The molecule has 0 aliphatic carbocycles. The molecule has 234 valence electrons. The Hall–Kier alpha value is -4.18. The Bertz CT molecular complexity index is 1430. The molecule has 1 fully saturated rings. The molecule has 5 nitrogen and oxygen atoms in total. The van der Waals surface area contributed by atoms with Crippen molar-refractivity contribution in [3.05, 3.63) is 149 Å². The van der Waals surface area contributed by atoms with Gasteiger partial charge in [-0.15, -0.1) is 19.4 Å². The minimum absolute atomic E-state index is 0.0384. The van der Waals surface area contributed by atoms with E-state index in [0.29, 0.717) is 33.0 Å². The van der Waals surface area contributed by atoms with E-state index in [9.17, 15) is 0 Å². The van der Waals surface area contributed by atoms with Crippen LogP contribution in [0.5, 0.6) is 5.75 Å². The van der Waals surface area contributed by atoms with Gasteiger partial charge < -0.3 is 23.7 Å². The van der Waals surface area contributed by atoms with Crippen molar-refractivity contribution in [2.45, 2.75) is 57.4 Å². The first kappa shape index (κ1) is 33.7. The molecule has 0 aromatic heterocycles. The Balaban J connectivity index is 0.00000226. The van der Waals surface area contributed by atoms with Gasteiger partial charge in [-0.1, -0.05) is 97.1 Å². The van der Waals surface area contributed by atoms with E-state index in [0.717, 1.165) is 41.7 Å². The average molecular weight is 605 g/mol. The SMILES string of the molecule is C#C.C=CCOCc1ccc(Cc2ccc(OC)cc2)cc1[C@H]1CC(OCc2ccccc2)C[C@@H](COCc2ccccc2)O1. The van der Waals surface area contributed by atoms with Crippen LogP contribution in [0.1, 0.15) is 52.3 Å². The Labute approximate surface area is 268 Å². The van der Waals surface area contributed by atoms with Crippen LogP contribution >= 0.6 is 0 Å². The summed E-state index contributed by atoms with van der Waals surface area (Å²) in [5.41, 5.74) is 7.04. The number of terminal acetylenes is 1.